The molecule has 0 saturated heterocycles. The van der Waals surface area contributed by atoms with Gasteiger partial charge in [0.25, 0.3) is 0 Å². The van der Waals surface area contributed by atoms with Crippen LogP contribution in [0.15, 0.2) is 0 Å². The zero-order valence-corrected chi connectivity index (χ0v) is 6.08. The summed E-state index contributed by atoms with van der Waals surface area (Å²) in [5.41, 5.74) is 4.78. The molecule has 0 aromatic rings. The van der Waals surface area contributed by atoms with E-state index in [9.17, 15) is 4.57 Å². The average Bonchev–Trinajstić information content (AvgIpc) is 1.61. The Morgan fingerprint density at radius 2 is 1.67 bits per heavy atom. The van der Waals surface area contributed by atoms with Crippen molar-refractivity contribution in [3.8, 4) is 0 Å². The normalized spacial score (nSPS) is 9.89. The van der Waals surface area contributed by atoms with Gasteiger partial charge in [0.2, 0.25) is 0 Å². The molecule has 0 saturated carbocycles. The third-order valence-electron chi connectivity index (χ3n) is 0.129. The van der Waals surface area contributed by atoms with E-state index in [-0.39, 0.29) is 6.61 Å². The maximum Gasteiger partial charge on any atom is 0.322 e. The molecule has 9 heavy (non-hydrogen) atoms. The number of aliphatic hydroxyl groups excluding tert-OH is 1. The van der Waals surface area contributed by atoms with Gasteiger partial charge in [-0.05, 0) is 0 Å². The highest BCUT2D eigenvalue weighted by molar-refractivity contribution is 7.50. The van der Waals surface area contributed by atoms with Crippen LogP contribution in [-0.4, -0.2) is 34.7 Å². The van der Waals surface area contributed by atoms with Crippen molar-refractivity contribution in [2.24, 2.45) is 5.73 Å². The van der Waals surface area contributed by atoms with E-state index in [2.05, 4.69) is 0 Å². The van der Waals surface area contributed by atoms with Gasteiger partial charge < -0.3 is 20.6 Å². The van der Waals surface area contributed by atoms with Crippen molar-refractivity contribution in [2.75, 3.05) is 19.8 Å². The van der Waals surface area contributed by atoms with Gasteiger partial charge in [-0.15, -0.1) is 0 Å². The molecule has 0 aliphatic heterocycles. The molecule has 0 aromatic carbocycles. The number of hydrogen-bond donors (Lipinski definition) is 4. The summed E-state index contributed by atoms with van der Waals surface area (Å²) in [7, 11) is -3.64. The molecule has 58 valence electrons. The second-order valence-corrected chi connectivity index (χ2v) is 3.02. The first-order valence-corrected chi connectivity index (χ1v) is 4.31. The van der Waals surface area contributed by atoms with Crippen LogP contribution in [0.3, 0.4) is 0 Å². The predicted molar refractivity (Wildman–Crippen MR) is 34.1 cm³/mol. The lowest BCUT2D eigenvalue weighted by atomic mass is 10.8. The van der Waals surface area contributed by atoms with Gasteiger partial charge >= 0.3 is 7.60 Å². The lowest BCUT2D eigenvalue weighted by Crippen LogP contribution is -2.02. The molecular weight excluding hydrogens is 145 g/mol. The third-order valence-corrected chi connectivity index (χ3v) is 0.129. The van der Waals surface area contributed by atoms with Crippen LogP contribution >= 0.6 is 7.60 Å². The fourth-order valence-electron chi connectivity index (χ4n) is 0. The first kappa shape index (κ1) is 11.8. The van der Waals surface area contributed by atoms with Gasteiger partial charge in [-0.3, -0.25) is 4.57 Å². The second kappa shape index (κ2) is 6.19. The molecule has 0 spiro atoms. The van der Waals surface area contributed by atoms with Crippen LogP contribution in [0.1, 0.15) is 0 Å². The van der Waals surface area contributed by atoms with E-state index in [4.69, 9.17) is 20.6 Å². The summed E-state index contributed by atoms with van der Waals surface area (Å²) in [6, 6.07) is 0. The van der Waals surface area contributed by atoms with Crippen molar-refractivity contribution in [1.82, 2.24) is 0 Å². The zero-order chi connectivity index (χ0) is 7.91. The standard InChI is InChI=1S/C2H7NO.CH5O3P/c3-1-2-4;1-5(2,3)4/h4H,1-3H2;1H3,(H2,2,3,4). The van der Waals surface area contributed by atoms with Crippen LogP contribution in [0.5, 0.6) is 0 Å². The minimum Gasteiger partial charge on any atom is -0.395 e. The summed E-state index contributed by atoms with van der Waals surface area (Å²) < 4.78 is 9.33. The van der Waals surface area contributed by atoms with Crippen molar-refractivity contribution < 1.29 is 19.5 Å². The van der Waals surface area contributed by atoms with Crippen molar-refractivity contribution >= 4 is 7.60 Å². The first-order chi connectivity index (χ1) is 3.91. The molecule has 5 nitrogen and oxygen atoms in total. The van der Waals surface area contributed by atoms with E-state index < -0.39 is 7.60 Å². The summed E-state index contributed by atoms with van der Waals surface area (Å²) in [4.78, 5) is 15.3. The highest BCUT2D eigenvalue weighted by Gasteiger charge is 1.95. The SMILES string of the molecule is CP(=O)(O)O.NCCO. The number of rotatable bonds is 1. The highest BCUT2D eigenvalue weighted by atomic mass is 31.2. The van der Waals surface area contributed by atoms with Gasteiger partial charge in [0.1, 0.15) is 0 Å². The molecule has 0 aliphatic rings. The summed E-state index contributed by atoms with van der Waals surface area (Å²) in [5.74, 6) is 0. The minimum absolute atomic E-state index is 0.0972. The number of nitrogens with two attached hydrogens (primary N) is 1. The van der Waals surface area contributed by atoms with Gasteiger partial charge in [0.05, 0.1) is 6.61 Å². The largest absolute Gasteiger partial charge is 0.395 e. The van der Waals surface area contributed by atoms with Gasteiger partial charge in [0, 0.05) is 13.2 Å². The first-order valence-electron chi connectivity index (χ1n) is 2.25. The van der Waals surface area contributed by atoms with E-state index >= 15 is 0 Å². The average molecular weight is 157 g/mol. The van der Waals surface area contributed by atoms with Crippen molar-refractivity contribution in [3.05, 3.63) is 0 Å². The van der Waals surface area contributed by atoms with Gasteiger partial charge in [0.15, 0.2) is 0 Å². The Kier molecular flexibility index (Phi) is 8.13. The lowest BCUT2D eigenvalue weighted by Gasteiger charge is -1.84. The maximum atomic E-state index is 9.33. The lowest BCUT2D eigenvalue weighted by molar-refractivity contribution is 0.306. The fraction of sp³-hybridized carbons (Fsp3) is 1.00. The van der Waals surface area contributed by atoms with Crippen LogP contribution in [-0.2, 0) is 4.57 Å². The van der Waals surface area contributed by atoms with Gasteiger partial charge in [-0.1, -0.05) is 0 Å². The molecule has 0 unspecified atom stereocenters. The molecule has 0 bridgehead atoms. The third kappa shape index (κ3) is 260. The topological polar surface area (TPSA) is 104 Å². The van der Waals surface area contributed by atoms with E-state index in [0.29, 0.717) is 6.54 Å². The Labute approximate surface area is 53.7 Å². The molecular formula is C3H12NO4P. The summed E-state index contributed by atoms with van der Waals surface area (Å²) in [6.07, 6.45) is 0. The summed E-state index contributed by atoms with van der Waals surface area (Å²) in [5, 5.41) is 7.75. The van der Waals surface area contributed by atoms with Crippen molar-refractivity contribution in [3.63, 3.8) is 0 Å². The summed E-state index contributed by atoms with van der Waals surface area (Å²) >= 11 is 0. The van der Waals surface area contributed by atoms with Crippen LogP contribution in [0.25, 0.3) is 0 Å². The van der Waals surface area contributed by atoms with Crippen LogP contribution in [0.2, 0.25) is 0 Å². The van der Waals surface area contributed by atoms with Crippen LogP contribution < -0.4 is 5.73 Å². The second-order valence-electron chi connectivity index (χ2n) is 1.35. The molecule has 0 heterocycles. The minimum atomic E-state index is -3.64. The number of aliphatic hydroxyl groups is 1. The van der Waals surface area contributed by atoms with E-state index in [1.54, 1.807) is 0 Å². The maximum absolute atomic E-state index is 9.33. The Hall–Kier alpha value is 0.0700. The molecule has 0 atom stereocenters. The smallest absolute Gasteiger partial charge is 0.322 e. The Bertz CT molecular complexity index is 79.5. The highest BCUT2D eigenvalue weighted by Crippen LogP contribution is 2.26. The monoisotopic (exact) mass is 157 g/mol. The molecule has 0 amide bonds. The van der Waals surface area contributed by atoms with Gasteiger partial charge in [-0.25, -0.2) is 0 Å². The summed E-state index contributed by atoms with van der Waals surface area (Å²) in [6.45, 7) is 1.33. The zero-order valence-electron chi connectivity index (χ0n) is 5.19. The molecule has 0 fully saturated rings. The molecule has 0 aromatic heterocycles. The molecule has 0 rings (SSSR count). The van der Waals surface area contributed by atoms with Crippen molar-refractivity contribution in [2.45, 2.75) is 0 Å². The fourth-order valence-corrected chi connectivity index (χ4v) is 0. The van der Waals surface area contributed by atoms with E-state index in [1.165, 1.54) is 0 Å². The predicted octanol–water partition coefficient (Wildman–Crippen LogP) is -1.27. The molecule has 6 heteroatoms. The Morgan fingerprint density at radius 3 is 1.67 bits per heavy atom. The number of hydrogen-bond acceptors (Lipinski definition) is 3. The molecule has 5 N–H and O–H groups in total. The molecule has 0 aliphatic carbocycles. The van der Waals surface area contributed by atoms with E-state index in [0.717, 1.165) is 6.66 Å². The Balaban J connectivity index is 0. The van der Waals surface area contributed by atoms with E-state index in [1.807, 2.05) is 0 Å². The van der Waals surface area contributed by atoms with Gasteiger partial charge in [-0.2, -0.15) is 0 Å². The van der Waals surface area contributed by atoms with Crippen LogP contribution in [0.4, 0.5) is 0 Å². The molecule has 0 radical (unpaired) electrons. The van der Waals surface area contributed by atoms with Crippen molar-refractivity contribution in [1.29, 1.82) is 0 Å². The Morgan fingerprint density at radius 1 is 1.56 bits per heavy atom. The quantitative estimate of drug-likeness (QED) is 0.355. The van der Waals surface area contributed by atoms with Crippen LogP contribution in [0, 0.1) is 0 Å².